The lowest BCUT2D eigenvalue weighted by atomic mass is 9.68. The summed E-state index contributed by atoms with van der Waals surface area (Å²) >= 11 is 0. The van der Waals surface area contributed by atoms with Crippen molar-refractivity contribution in [3.63, 3.8) is 0 Å². The molecule has 178 valence electrons. The Bertz CT molecular complexity index is 1360. The molecule has 0 fully saturated rings. The van der Waals surface area contributed by atoms with Crippen molar-refractivity contribution in [2.45, 2.75) is 12.8 Å². The molecule has 35 heavy (non-hydrogen) atoms. The van der Waals surface area contributed by atoms with Gasteiger partial charge in [0.2, 0.25) is 5.41 Å². The van der Waals surface area contributed by atoms with E-state index in [1.165, 1.54) is 26.4 Å². The van der Waals surface area contributed by atoms with Crippen molar-refractivity contribution >= 4 is 23.6 Å². The summed E-state index contributed by atoms with van der Waals surface area (Å²) in [6, 6.07) is 16.7. The van der Waals surface area contributed by atoms with Crippen LogP contribution in [0.15, 0.2) is 60.7 Å². The third kappa shape index (κ3) is 3.30. The van der Waals surface area contributed by atoms with Gasteiger partial charge in [0, 0.05) is 23.6 Å². The average Bonchev–Trinajstić information content (AvgIpc) is 3.14. The summed E-state index contributed by atoms with van der Waals surface area (Å²) in [5, 5.41) is 0. The zero-order valence-electron chi connectivity index (χ0n) is 19.5. The summed E-state index contributed by atoms with van der Waals surface area (Å²) in [4.78, 5) is 27.7. The Hall–Kier alpha value is -4.13. The van der Waals surface area contributed by atoms with Gasteiger partial charge < -0.3 is 18.9 Å². The molecule has 0 bridgehead atoms. The summed E-state index contributed by atoms with van der Waals surface area (Å²) in [6.45, 7) is 1.72. The van der Waals surface area contributed by atoms with Crippen LogP contribution in [0.1, 0.15) is 35.1 Å². The second kappa shape index (κ2) is 8.58. The van der Waals surface area contributed by atoms with Gasteiger partial charge in [-0.05, 0) is 47.4 Å². The number of halogens is 1. The number of benzene rings is 3. The van der Waals surface area contributed by atoms with Gasteiger partial charge in [0.1, 0.15) is 23.1 Å². The van der Waals surface area contributed by atoms with Crippen molar-refractivity contribution in [3.05, 3.63) is 88.7 Å². The molecule has 1 heterocycles. The van der Waals surface area contributed by atoms with Crippen molar-refractivity contribution in [1.29, 1.82) is 0 Å². The first-order valence-electron chi connectivity index (χ1n) is 11.2. The van der Waals surface area contributed by atoms with Gasteiger partial charge in [-0.3, -0.25) is 4.79 Å². The average molecular weight is 474 g/mol. The van der Waals surface area contributed by atoms with Crippen molar-refractivity contribution < 1.29 is 32.9 Å². The molecular formula is C28H23FO6. The third-order valence-corrected chi connectivity index (χ3v) is 6.53. The molecule has 0 radical (unpaired) electrons. The minimum absolute atomic E-state index is 0.0521. The highest BCUT2D eigenvalue weighted by Gasteiger charge is 2.66. The molecule has 5 rings (SSSR count). The number of methoxy groups -OCH3 is 2. The molecule has 1 aliphatic carbocycles. The van der Waals surface area contributed by atoms with Gasteiger partial charge >= 0.3 is 11.9 Å². The molecule has 2 aliphatic rings. The van der Waals surface area contributed by atoms with Gasteiger partial charge in [-0.1, -0.05) is 36.4 Å². The smallest absolute Gasteiger partial charge is 0.334 e. The van der Waals surface area contributed by atoms with Gasteiger partial charge in [0.05, 0.1) is 20.8 Å². The SMILES string of the molecule is CCOC(=O)[C@]12C(=O)Oc3cc(OC)cc(OC)c3[C@H]1c1cc(F)ccc1/C2=C\c1ccccc1. The number of fused-ring (bicyclic) bond motifs is 5. The summed E-state index contributed by atoms with van der Waals surface area (Å²) in [5.41, 5.74) is 0.747. The van der Waals surface area contributed by atoms with E-state index < -0.39 is 29.1 Å². The minimum atomic E-state index is -1.89. The van der Waals surface area contributed by atoms with Crippen LogP contribution < -0.4 is 14.2 Å². The zero-order chi connectivity index (χ0) is 24.7. The van der Waals surface area contributed by atoms with E-state index in [0.717, 1.165) is 5.56 Å². The van der Waals surface area contributed by atoms with Crippen LogP contribution >= 0.6 is 0 Å². The largest absolute Gasteiger partial charge is 0.496 e. The maximum atomic E-state index is 14.6. The number of esters is 2. The Morgan fingerprint density at radius 2 is 1.86 bits per heavy atom. The Kier molecular flexibility index (Phi) is 5.55. The standard InChI is InChI=1S/C28H23FO6/c1-4-34-26(30)28-21(12-16-8-6-5-7-9-16)19-11-10-17(29)13-20(19)25(28)24-22(33-3)14-18(32-2)15-23(24)35-27(28)31/h5-15,25H,4H2,1-3H3/b21-12+/t25-,28-/m1/s1. The first kappa shape index (κ1) is 22.7. The first-order chi connectivity index (χ1) is 16.9. The molecule has 2 atom stereocenters. The van der Waals surface area contributed by atoms with Crippen LogP contribution in [0.4, 0.5) is 4.39 Å². The molecule has 0 unspecified atom stereocenters. The van der Waals surface area contributed by atoms with Crippen LogP contribution in [-0.4, -0.2) is 32.8 Å². The predicted molar refractivity (Wildman–Crippen MR) is 127 cm³/mol. The molecule has 0 aromatic heterocycles. The maximum Gasteiger partial charge on any atom is 0.334 e. The fourth-order valence-corrected chi connectivity index (χ4v) is 5.10. The minimum Gasteiger partial charge on any atom is -0.496 e. The molecule has 0 N–H and O–H groups in total. The summed E-state index contributed by atoms with van der Waals surface area (Å²) in [5.74, 6) is -2.04. The lowest BCUT2D eigenvalue weighted by molar-refractivity contribution is -0.164. The molecule has 0 amide bonds. The molecule has 1 aliphatic heterocycles. The monoisotopic (exact) mass is 474 g/mol. The Morgan fingerprint density at radius 3 is 2.54 bits per heavy atom. The van der Waals surface area contributed by atoms with E-state index >= 15 is 0 Å². The lowest BCUT2D eigenvalue weighted by Crippen LogP contribution is -2.49. The summed E-state index contributed by atoms with van der Waals surface area (Å²) < 4.78 is 36.9. The molecule has 7 heteroatoms. The van der Waals surface area contributed by atoms with E-state index in [2.05, 4.69) is 0 Å². The lowest BCUT2D eigenvalue weighted by Gasteiger charge is -2.38. The van der Waals surface area contributed by atoms with E-state index in [9.17, 15) is 14.0 Å². The first-order valence-corrected chi connectivity index (χ1v) is 11.2. The number of ether oxygens (including phenoxy) is 4. The fourth-order valence-electron chi connectivity index (χ4n) is 5.10. The highest BCUT2D eigenvalue weighted by atomic mass is 19.1. The summed E-state index contributed by atoms with van der Waals surface area (Å²) in [7, 11) is 2.95. The van der Waals surface area contributed by atoms with Crippen molar-refractivity contribution in [2.24, 2.45) is 5.41 Å². The Balaban J connectivity index is 1.90. The normalized spacial score (nSPS) is 21.0. The molecule has 3 aromatic rings. The van der Waals surface area contributed by atoms with Crippen molar-refractivity contribution in [2.75, 3.05) is 20.8 Å². The Morgan fingerprint density at radius 1 is 1.09 bits per heavy atom. The number of hydrogen-bond acceptors (Lipinski definition) is 6. The van der Waals surface area contributed by atoms with Crippen LogP contribution in [-0.2, 0) is 14.3 Å². The maximum absolute atomic E-state index is 14.6. The molecule has 0 spiro atoms. The van der Waals surface area contributed by atoms with Crippen molar-refractivity contribution in [3.8, 4) is 17.2 Å². The quantitative estimate of drug-likeness (QED) is 0.295. The number of carbonyl (C=O) groups is 2. The highest BCUT2D eigenvalue weighted by molar-refractivity contribution is 6.20. The van der Waals surface area contributed by atoms with Crippen LogP contribution in [0.25, 0.3) is 11.6 Å². The number of carbonyl (C=O) groups excluding carboxylic acids is 2. The van der Waals surface area contributed by atoms with Gasteiger partial charge in [-0.25, -0.2) is 9.18 Å². The third-order valence-electron chi connectivity index (χ3n) is 6.53. The molecule has 0 saturated heterocycles. The number of rotatable bonds is 5. The van der Waals surface area contributed by atoms with Gasteiger partial charge in [-0.2, -0.15) is 0 Å². The molecule has 6 nitrogen and oxygen atoms in total. The van der Waals surface area contributed by atoms with Gasteiger partial charge in [0.15, 0.2) is 0 Å². The second-order valence-electron chi connectivity index (χ2n) is 8.29. The van der Waals surface area contributed by atoms with E-state index in [-0.39, 0.29) is 12.4 Å². The van der Waals surface area contributed by atoms with Gasteiger partial charge in [-0.15, -0.1) is 0 Å². The van der Waals surface area contributed by atoms with Crippen LogP contribution in [0.5, 0.6) is 17.2 Å². The van der Waals surface area contributed by atoms with Gasteiger partial charge in [0.25, 0.3) is 0 Å². The van der Waals surface area contributed by atoms with E-state index in [1.807, 2.05) is 30.3 Å². The zero-order valence-corrected chi connectivity index (χ0v) is 19.5. The fraction of sp³-hybridized carbons (Fsp3) is 0.214. The van der Waals surface area contributed by atoms with E-state index in [1.54, 1.807) is 31.2 Å². The molecular weight excluding hydrogens is 451 g/mol. The summed E-state index contributed by atoms with van der Waals surface area (Å²) in [6.07, 6.45) is 1.76. The van der Waals surface area contributed by atoms with Crippen LogP contribution in [0, 0.1) is 11.2 Å². The Labute approximate surface area is 201 Å². The molecule has 0 saturated carbocycles. The van der Waals surface area contributed by atoms with Crippen LogP contribution in [0.2, 0.25) is 0 Å². The topological polar surface area (TPSA) is 71.1 Å². The second-order valence-corrected chi connectivity index (χ2v) is 8.29. The highest BCUT2D eigenvalue weighted by Crippen LogP contribution is 2.64. The van der Waals surface area contributed by atoms with E-state index in [4.69, 9.17) is 18.9 Å². The van der Waals surface area contributed by atoms with Crippen LogP contribution in [0.3, 0.4) is 0 Å². The number of hydrogen-bond donors (Lipinski definition) is 0. The van der Waals surface area contributed by atoms with Crippen molar-refractivity contribution in [1.82, 2.24) is 0 Å². The van der Waals surface area contributed by atoms with E-state index in [0.29, 0.717) is 33.8 Å². The molecule has 3 aromatic carbocycles. The predicted octanol–water partition coefficient (Wildman–Crippen LogP) is 5.00.